The first-order valence-corrected chi connectivity index (χ1v) is 8.34. The van der Waals surface area contributed by atoms with Crippen molar-refractivity contribution in [3.05, 3.63) is 12.4 Å². The number of nitrogens with zero attached hydrogens (tertiary/aromatic N) is 3. The van der Waals surface area contributed by atoms with Gasteiger partial charge in [-0.2, -0.15) is 18.3 Å². The molecule has 1 N–H and O–H groups in total. The van der Waals surface area contributed by atoms with Gasteiger partial charge in [-0.15, -0.1) is 0 Å². The molecule has 1 fully saturated rings. The van der Waals surface area contributed by atoms with Crippen LogP contribution >= 0.6 is 0 Å². The average Bonchev–Trinajstić information content (AvgIpc) is 2.84. The molecule has 2 heterocycles. The molecule has 11 heteroatoms. The third kappa shape index (κ3) is 4.02. The van der Waals surface area contributed by atoms with E-state index in [9.17, 15) is 26.4 Å². The number of halogens is 3. The van der Waals surface area contributed by atoms with Crippen LogP contribution in [0.5, 0.6) is 0 Å². The molecule has 2 rings (SSSR count). The van der Waals surface area contributed by atoms with Gasteiger partial charge in [-0.05, 0) is 12.8 Å². The molecule has 2 atom stereocenters. The highest BCUT2D eigenvalue weighted by Crippen LogP contribution is 2.32. The molecule has 1 saturated heterocycles. The largest absolute Gasteiger partial charge is 0.408 e. The van der Waals surface area contributed by atoms with E-state index in [1.165, 1.54) is 10.9 Å². The van der Waals surface area contributed by atoms with E-state index in [0.29, 0.717) is 4.90 Å². The van der Waals surface area contributed by atoms with E-state index in [4.69, 9.17) is 0 Å². The minimum absolute atomic E-state index is 0.00650. The first kappa shape index (κ1) is 17.7. The quantitative estimate of drug-likeness (QED) is 0.863. The lowest BCUT2D eigenvalue weighted by Crippen LogP contribution is -2.57. The highest BCUT2D eigenvalue weighted by molar-refractivity contribution is 7.89. The molecule has 0 saturated carbocycles. The van der Waals surface area contributed by atoms with E-state index in [1.807, 2.05) is 0 Å². The van der Waals surface area contributed by atoms with Gasteiger partial charge in [0.05, 0.1) is 6.20 Å². The Morgan fingerprint density at radius 3 is 2.52 bits per heavy atom. The highest BCUT2D eigenvalue weighted by Gasteiger charge is 2.47. The Hall–Kier alpha value is -1.62. The van der Waals surface area contributed by atoms with Crippen LogP contribution in [-0.2, 0) is 21.9 Å². The molecule has 0 spiro atoms. The van der Waals surface area contributed by atoms with Crippen molar-refractivity contribution in [1.29, 1.82) is 0 Å². The molecule has 23 heavy (non-hydrogen) atoms. The zero-order chi connectivity index (χ0) is 17.4. The van der Waals surface area contributed by atoms with Gasteiger partial charge in [0.1, 0.15) is 10.9 Å². The van der Waals surface area contributed by atoms with Crippen molar-refractivity contribution in [1.82, 2.24) is 19.4 Å². The van der Waals surface area contributed by atoms with E-state index in [2.05, 4.69) is 9.82 Å². The van der Waals surface area contributed by atoms with Gasteiger partial charge in [-0.3, -0.25) is 9.48 Å². The second-order valence-corrected chi connectivity index (χ2v) is 7.19. The fourth-order valence-electron chi connectivity index (χ4n) is 2.58. The third-order valence-corrected chi connectivity index (χ3v) is 5.15. The summed E-state index contributed by atoms with van der Waals surface area (Å²) < 4.78 is 66.8. The van der Waals surface area contributed by atoms with Gasteiger partial charge in [0, 0.05) is 32.8 Å². The maximum Gasteiger partial charge on any atom is 0.408 e. The third-order valence-electron chi connectivity index (χ3n) is 3.68. The Morgan fingerprint density at radius 2 is 2.04 bits per heavy atom. The number of rotatable bonds is 3. The number of amides is 1. The first-order chi connectivity index (χ1) is 10.5. The van der Waals surface area contributed by atoms with Crippen LogP contribution < -0.4 is 4.72 Å². The number of alkyl halides is 3. The Labute approximate surface area is 131 Å². The van der Waals surface area contributed by atoms with Crippen LogP contribution in [-0.4, -0.2) is 53.8 Å². The van der Waals surface area contributed by atoms with Crippen LogP contribution in [0.3, 0.4) is 0 Å². The van der Waals surface area contributed by atoms with Gasteiger partial charge >= 0.3 is 6.18 Å². The van der Waals surface area contributed by atoms with E-state index in [0.717, 1.165) is 13.1 Å². The molecule has 0 bridgehead atoms. The predicted octanol–water partition coefficient (Wildman–Crippen LogP) is 0.640. The maximum absolute atomic E-state index is 12.9. The van der Waals surface area contributed by atoms with E-state index in [1.54, 1.807) is 7.05 Å². The van der Waals surface area contributed by atoms with E-state index >= 15 is 0 Å². The van der Waals surface area contributed by atoms with Gasteiger partial charge in [-0.1, -0.05) is 0 Å². The van der Waals surface area contributed by atoms with Crippen LogP contribution in [0.2, 0.25) is 0 Å². The van der Waals surface area contributed by atoms with Crippen molar-refractivity contribution in [3.8, 4) is 0 Å². The topological polar surface area (TPSA) is 84.3 Å². The smallest absolute Gasteiger partial charge is 0.329 e. The number of aryl methyl sites for hydroxylation is 1. The summed E-state index contributed by atoms with van der Waals surface area (Å²) in [6, 6.07) is -2.65. The minimum Gasteiger partial charge on any atom is -0.329 e. The van der Waals surface area contributed by atoms with Gasteiger partial charge in [-0.25, -0.2) is 13.1 Å². The summed E-state index contributed by atoms with van der Waals surface area (Å²) in [6.07, 6.45) is -2.45. The Bertz CT molecular complexity index is 686. The molecule has 7 nitrogen and oxygen atoms in total. The zero-order valence-electron chi connectivity index (χ0n) is 12.5. The van der Waals surface area contributed by atoms with Crippen molar-refractivity contribution in [2.45, 2.75) is 42.9 Å². The standard InChI is InChI=1S/C12H17F3N4O3S/c1-8(20)19-6-9(3-4-11(19)12(13,14)15)17-23(21,22)10-5-16-18(2)7-10/h5,7,9,11,17H,3-4,6H2,1-2H3. The molecular formula is C12H17F3N4O3S. The van der Waals surface area contributed by atoms with Crippen molar-refractivity contribution in [2.24, 2.45) is 7.05 Å². The summed E-state index contributed by atoms with van der Waals surface area (Å²) in [5, 5.41) is 3.75. The van der Waals surface area contributed by atoms with Crippen LogP contribution in [0.4, 0.5) is 13.2 Å². The van der Waals surface area contributed by atoms with Crippen molar-refractivity contribution >= 4 is 15.9 Å². The van der Waals surface area contributed by atoms with Crippen LogP contribution in [0, 0.1) is 0 Å². The predicted molar refractivity (Wildman–Crippen MR) is 73.8 cm³/mol. The van der Waals surface area contributed by atoms with E-state index in [-0.39, 0.29) is 24.3 Å². The molecule has 1 aromatic heterocycles. The molecule has 1 aromatic rings. The number of piperidine rings is 1. The summed E-state index contributed by atoms with van der Waals surface area (Å²) in [7, 11) is -2.35. The maximum atomic E-state index is 12.9. The van der Waals surface area contributed by atoms with Crippen molar-refractivity contribution in [2.75, 3.05) is 6.54 Å². The lowest BCUT2D eigenvalue weighted by atomic mass is 9.98. The van der Waals surface area contributed by atoms with Gasteiger partial charge < -0.3 is 4.90 Å². The van der Waals surface area contributed by atoms with Gasteiger partial charge in [0.15, 0.2) is 0 Å². The molecule has 0 aromatic carbocycles. The SMILES string of the molecule is CC(=O)N1CC(NS(=O)(=O)c2cnn(C)c2)CCC1C(F)(F)F. The normalized spacial score (nSPS) is 23.1. The number of nitrogens with one attached hydrogen (secondary N) is 1. The average molecular weight is 354 g/mol. The molecule has 0 aliphatic carbocycles. The zero-order valence-corrected chi connectivity index (χ0v) is 13.4. The number of hydrogen-bond acceptors (Lipinski definition) is 4. The summed E-state index contributed by atoms with van der Waals surface area (Å²) in [6.45, 7) is 0.718. The number of carbonyl (C=O) groups is 1. The summed E-state index contributed by atoms with van der Waals surface area (Å²) in [4.78, 5) is 12.1. The number of sulfonamides is 1. The summed E-state index contributed by atoms with van der Waals surface area (Å²) in [5.41, 5.74) is 0. The fraction of sp³-hybridized carbons (Fsp3) is 0.667. The van der Waals surface area contributed by atoms with Crippen molar-refractivity contribution < 1.29 is 26.4 Å². The lowest BCUT2D eigenvalue weighted by Gasteiger charge is -2.39. The van der Waals surface area contributed by atoms with Crippen LogP contribution in [0.15, 0.2) is 17.3 Å². The van der Waals surface area contributed by atoms with Crippen molar-refractivity contribution in [3.63, 3.8) is 0 Å². The number of hydrogen-bond donors (Lipinski definition) is 1. The first-order valence-electron chi connectivity index (χ1n) is 6.85. The Morgan fingerprint density at radius 1 is 1.39 bits per heavy atom. The Balaban J connectivity index is 2.13. The molecular weight excluding hydrogens is 337 g/mol. The van der Waals surface area contributed by atoms with Crippen LogP contribution in [0.1, 0.15) is 19.8 Å². The van der Waals surface area contributed by atoms with E-state index < -0.39 is 34.2 Å². The molecule has 1 aliphatic rings. The fourth-order valence-corrected chi connectivity index (χ4v) is 3.82. The number of likely N-dealkylation sites (tertiary alicyclic amines) is 1. The molecule has 2 unspecified atom stereocenters. The molecule has 1 amide bonds. The summed E-state index contributed by atoms with van der Waals surface area (Å²) in [5.74, 6) is -0.738. The molecule has 0 radical (unpaired) electrons. The summed E-state index contributed by atoms with van der Waals surface area (Å²) >= 11 is 0. The Kier molecular flexibility index (Phi) is 4.71. The number of aromatic nitrogens is 2. The van der Waals surface area contributed by atoms with Gasteiger partial charge in [0.2, 0.25) is 15.9 Å². The monoisotopic (exact) mass is 354 g/mol. The van der Waals surface area contributed by atoms with Gasteiger partial charge in [0.25, 0.3) is 0 Å². The second kappa shape index (κ2) is 6.11. The minimum atomic E-state index is -4.53. The second-order valence-electron chi connectivity index (χ2n) is 5.47. The highest BCUT2D eigenvalue weighted by atomic mass is 32.2. The van der Waals surface area contributed by atoms with Crippen LogP contribution in [0.25, 0.3) is 0 Å². The number of carbonyl (C=O) groups excluding carboxylic acids is 1. The molecule has 1 aliphatic heterocycles. The molecule has 130 valence electrons. The lowest BCUT2D eigenvalue weighted by molar-refractivity contribution is -0.196.